The zero-order valence-corrected chi connectivity index (χ0v) is 13.1. The highest BCUT2D eigenvalue weighted by molar-refractivity contribution is 7.99. The van der Waals surface area contributed by atoms with Gasteiger partial charge in [0.2, 0.25) is 5.91 Å². The highest BCUT2D eigenvalue weighted by Gasteiger charge is 2.08. The van der Waals surface area contributed by atoms with Crippen LogP contribution in [0, 0.1) is 11.8 Å². The second kappa shape index (κ2) is 7.52. The van der Waals surface area contributed by atoms with Gasteiger partial charge in [0.15, 0.2) is 5.58 Å². The summed E-state index contributed by atoms with van der Waals surface area (Å²) in [7, 11) is 0. The van der Waals surface area contributed by atoms with Gasteiger partial charge in [0.1, 0.15) is 5.52 Å². The van der Waals surface area contributed by atoms with Crippen molar-refractivity contribution in [2.45, 2.75) is 5.22 Å². The Kier molecular flexibility index (Phi) is 4.97. The average Bonchev–Trinajstić information content (AvgIpc) is 3.01. The van der Waals surface area contributed by atoms with E-state index in [9.17, 15) is 4.79 Å². The molecule has 3 aromatic rings. The Morgan fingerprint density at radius 3 is 2.74 bits per heavy atom. The quantitative estimate of drug-likeness (QED) is 0.592. The van der Waals surface area contributed by atoms with Crippen LogP contribution >= 0.6 is 11.8 Å². The van der Waals surface area contributed by atoms with Gasteiger partial charge in [0.05, 0.1) is 12.3 Å². The van der Waals surface area contributed by atoms with Crippen LogP contribution < -0.4 is 5.32 Å². The van der Waals surface area contributed by atoms with Gasteiger partial charge in [-0.05, 0) is 24.3 Å². The van der Waals surface area contributed by atoms with E-state index in [1.54, 1.807) is 0 Å². The number of para-hydroxylation sites is 2. The van der Waals surface area contributed by atoms with Gasteiger partial charge >= 0.3 is 0 Å². The van der Waals surface area contributed by atoms with Gasteiger partial charge in [-0.2, -0.15) is 0 Å². The summed E-state index contributed by atoms with van der Waals surface area (Å²) in [4.78, 5) is 16.1. The first kappa shape index (κ1) is 15.2. The summed E-state index contributed by atoms with van der Waals surface area (Å²) in [6.07, 6.45) is 0. The van der Waals surface area contributed by atoms with E-state index in [2.05, 4.69) is 22.1 Å². The molecule has 3 rings (SSSR count). The van der Waals surface area contributed by atoms with E-state index in [4.69, 9.17) is 4.42 Å². The minimum Gasteiger partial charge on any atom is -0.431 e. The van der Waals surface area contributed by atoms with Crippen LogP contribution in [0.2, 0.25) is 0 Å². The minimum atomic E-state index is -0.0976. The molecule has 0 atom stereocenters. The van der Waals surface area contributed by atoms with Gasteiger partial charge in [-0.25, -0.2) is 4.98 Å². The standard InChI is InChI=1S/C18H14N2O2S/c21-17(19-12-6-9-14-7-2-1-3-8-14)13-23-18-20-15-10-4-5-11-16(15)22-18/h1-5,7-8,10-11H,12-13H2,(H,19,21). The zero-order chi connectivity index (χ0) is 15.9. The zero-order valence-electron chi connectivity index (χ0n) is 12.3. The molecule has 2 aromatic carbocycles. The van der Waals surface area contributed by atoms with Crippen molar-refractivity contribution < 1.29 is 9.21 Å². The third kappa shape index (κ3) is 4.38. The SMILES string of the molecule is O=C(CSc1nc2ccccc2o1)NCC#Cc1ccccc1. The number of amides is 1. The molecular weight excluding hydrogens is 308 g/mol. The van der Waals surface area contributed by atoms with E-state index in [1.807, 2.05) is 54.6 Å². The number of nitrogens with zero attached hydrogens (tertiary/aromatic N) is 1. The number of hydrogen-bond acceptors (Lipinski definition) is 4. The maximum absolute atomic E-state index is 11.8. The summed E-state index contributed by atoms with van der Waals surface area (Å²) < 4.78 is 5.55. The van der Waals surface area contributed by atoms with Gasteiger partial charge < -0.3 is 9.73 Å². The molecule has 0 bridgehead atoms. The van der Waals surface area contributed by atoms with Crippen LogP contribution in [-0.4, -0.2) is 23.2 Å². The van der Waals surface area contributed by atoms with Gasteiger partial charge in [0.25, 0.3) is 5.22 Å². The van der Waals surface area contributed by atoms with Crippen LogP contribution in [0.15, 0.2) is 64.2 Å². The maximum atomic E-state index is 11.8. The van der Waals surface area contributed by atoms with Crippen molar-refractivity contribution in [3.63, 3.8) is 0 Å². The van der Waals surface area contributed by atoms with Gasteiger partial charge in [-0.15, -0.1) is 0 Å². The van der Waals surface area contributed by atoms with Crippen molar-refractivity contribution >= 4 is 28.8 Å². The van der Waals surface area contributed by atoms with Crippen LogP contribution in [0.3, 0.4) is 0 Å². The van der Waals surface area contributed by atoms with E-state index in [0.717, 1.165) is 16.7 Å². The number of thioether (sulfide) groups is 1. The molecule has 1 aromatic heterocycles. The Morgan fingerprint density at radius 2 is 1.91 bits per heavy atom. The lowest BCUT2D eigenvalue weighted by Crippen LogP contribution is -2.25. The Morgan fingerprint density at radius 1 is 1.13 bits per heavy atom. The summed E-state index contributed by atoms with van der Waals surface area (Å²) >= 11 is 1.27. The normalized spacial score (nSPS) is 10.1. The van der Waals surface area contributed by atoms with Gasteiger partial charge in [-0.1, -0.05) is 53.9 Å². The number of fused-ring (bicyclic) bond motifs is 1. The minimum absolute atomic E-state index is 0.0976. The maximum Gasteiger partial charge on any atom is 0.257 e. The predicted molar refractivity (Wildman–Crippen MR) is 91.1 cm³/mol. The second-order valence-electron chi connectivity index (χ2n) is 4.68. The molecule has 23 heavy (non-hydrogen) atoms. The Balaban J connectivity index is 1.45. The molecule has 0 saturated heterocycles. The molecule has 114 valence electrons. The number of carbonyl (C=O) groups excluding carboxylic acids is 1. The Hall–Kier alpha value is -2.71. The number of carbonyl (C=O) groups is 1. The molecule has 5 heteroatoms. The van der Waals surface area contributed by atoms with Crippen molar-refractivity contribution in [1.29, 1.82) is 0 Å². The molecule has 0 unspecified atom stereocenters. The van der Waals surface area contributed by atoms with Crippen molar-refractivity contribution in [3.8, 4) is 11.8 Å². The molecular formula is C18H14N2O2S. The lowest BCUT2D eigenvalue weighted by atomic mass is 10.2. The summed E-state index contributed by atoms with van der Waals surface area (Å²) in [5.74, 6) is 6.06. The second-order valence-corrected chi connectivity index (χ2v) is 5.61. The van der Waals surface area contributed by atoms with Crippen molar-refractivity contribution in [2.24, 2.45) is 0 Å². The molecule has 1 amide bonds. The lowest BCUT2D eigenvalue weighted by molar-refractivity contribution is -0.118. The topological polar surface area (TPSA) is 55.1 Å². The third-order valence-corrected chi connectivity index (χ3v) is 3.81. The Labute approximate surface area is 138 Å². The molecule has 0 radical (unpaired) electrons. The van der Waals surface area contributed by atoms with E-state index in [1.165, 1.54) is 11.8 Å². The number of oxazole rings is 1. The number of aromatic nitrogens is 1. The number of rotatable bonds is 4. The smallest absolute Gasteiger partial charge is 0.257 e. The fourth-order valence-corrected chi connectivity index (χ4v) is 2.57. The number of hydrogen-bond donors (Lipinski definition) is 1. The first-order chi connectivity index (χ1) is 11.3. The molecule has 1 heterocycles. The molecule has 0 aliphatic rings. The number of benzene rings is 2. The van der Waals surface area contributed by atoms with Crippen molar-refractivity contribution in [3.05, 3.63) is 60.2 Å². The molecule has 0 aliphatic carbocycles. The molecule has 1 N–H and O–H groups in total. The van der Waals surface area contributed by atoms with Gasteiger partial charge in [0, 0.05) is 5.56 Å². The van der Waals surface area contributed by atoms with Gasteiger partial charge in [-0.3, -0.25) is 4.79 Å². The Bertz CT molecular complexity index is 830. The summed E-state index contributed by atoms with van der Waals surface area (Å²) in [5, 5.41) is 3.25. The first-order valence-electron chi connectivity index (χ1n) is 7.10. The highest BCUT2D eigenvalue weighted by atomic mass is 32.2. The van der Waals surface area contributed by atoms with Crippen molar-refractivity contribution in [2.75, 3.05) is 12.3 Å². The summed E-state index contributed by atoms with van der Waals surface area (Å²) in [6.45, 7) is 0.321. The van der Waals surface area contributed by atoms with E-state index in [0.29, 0.717) is 11.8 Å². The molecule has 4 nitrogen and oxygen atoms in total. The van der Waals surface area contributed by atoms with E-state index < -0.39 is 0 Å². The highest BCUT2D eigenvalue weighted by Crippen LogP contribution is 2.22. The monoisotopic (exact) mass is 322 g/mol. The molecule has 0 saturated carbocycles. The lowest BCUT2D eigenvalue weighted by Gasteiger charge is -1.98. The largest absolute Gasteiger partial charge is 0.431 e. The van der Waals surface area contributed by atoms with E-state index in [-0.39, 0.29) is 11.7 Å². The fourth-order valence-electron chi connectivity index (χ4n) is 1.90. The first-order valence-corrected chi connectivity index (χ1v) is 8.09. The molecule has 0 spiro atoms. The molecule has 0 aliphatic heterocycles. The van der Waals surface area contributed by atoms with Crippen LogP contribution in [0.1, 0.15) is 5.56 Å². The van der Waals surface area contributed by atoms with Crippen molar-refractivity contribution in [1.82, 2.24) is 10.3 Å². The van der Waals surface area contributed by atoms with E-state index >= 15 is 0 Å². The fraction of sp³-hybridized carbons (Fsp3) is 0.111. The summed E-state index contributed by atoms with van der Waals surface area (Å²) in [5.41, 5.74) is 2.45. The average molecular weight is 322 g/mol. The third-order valence-electron chi connectivity index (χ3n) is 2.98. The predicted octanol–water partition coefficient (Wildman–Crippen LogP) is 3.09. The number of nitrogens with one attached hydrogen (secondary N) is 1. The molecule has 0 fully saturated rings. The van der Waals surface area contributed by atoms with Crippen LogP contribution in [0.25, 0.3) is 11.1 Å². The summed E-state index contributed by atoms with van der Waals surface area (Å²) in [6, 6.07) is 17.2. The van der Waals surface area contributed by atoms with Crippen LogP contribution in [0.5, 0.6) is 0 Å². The van der Waals surface area contributed by atoms with Crippen LogP contribution in [0.4, 0.5) is 0 Å². The van der Waals surface area contributed by atoms with Crippen LogP contribution in [-0.2, 0) is 4.79 Å².